The summed E-state index contributed by atoms with van der Waals surface area (Å²) < 4.78 is 11.2. The number of aliphatic hydroxyl groups is 4. The number of ether oxygens (including phenoxy) is 2. The van der Waals surface area contributed by atoms with Crippen LogP contribution in [0.2, 0.25) is 0 Å². The summed E-state index contributed by atoms with van der Waals surface area (Å²) in [6, 6.07) is 0. The third-order valence-corrected chi connectivity index (χ3v) is 9.30. The average molecular weight is 481 g/mol. The second-order valence-corrected chi connectivity index (χ2v) is 11.6. The molecule has 1 saturated carbocycles. The van der Waals surface area contributed by atoms with Crippen molar-refractivity contribution in [3.8, 4) is 0 Å². The Bertz CT molecular complexity index is 839. The van der Waals surface area contributed by atoms with Crippen molar-refractivity contribution in [2.75, 3.05) is 13.2 Å². The van der Waals surface area contributed by atoms with E-state index < -0.39 is 48.7 Å². The molecule has 0 aromatic carbocycles. The zero-order chi connectivity index (χ0) is 24.9. The molecule has 8 heteroatoms. The number of allylic oxidation sites excluding steroid dienone is 4. The summed E-state index contributed by atoms with van der Waals surface area (Å²) in [6.45, 7) is 6.15. The summed E-state index contributed by atoms with van der Waals surface area (Å²) in [5.74, 6) is -0.348. The van der Waals surface area contributed by atoms with E-state index in [4.69, 9.17) is 9.47 Å². The van der Waals surface area contributed by atoms with Gasteiger partial charge < -0.3 is 35.0 Å². The Balaban J connectivity index is 1.45. The highest BCUT2D eigenvalue weighted by molar-refractivity contribution is 5.75. The maximum absolute atomic E-state index is 12.2. The molecule has 1 saturated heterocycles. The van der Waals surface area contributed by atoms with Gasteiger partial charge in [-0.05, 0) is 67.3 Å². The fourth-order valence-corrected chi connectivity index (χ4v) is 7.05. The van der Waals surface area contributed by atoms with Crippen LogP contribution in [0, 0.1) is 28.1 Å². The van der Waals surface area contributed by atoms with Crippen molar-refractivity contribution in [2.24, 2.45) is 28.1 Å². The molecule has 192 valence electrons. The van der Waals surface area contributed by atoms with E-state index in [-0.39, 0.29) is 23.4 Å². The van der Waals surface area contributed by atoms with Crippen molar-refractivity contribution < 1.29 is 39.8 Å². The van der Waals surface area contributed by atoms with Crippen LogP contribution in [0.3, 0.4) is 0 Å². The van der Waals surface area contributed by atoms with Gasteiger partial charge in [0.05, 0.1) is 18.6 Å². The van der Waals surface area contributed by atoms with Crippen molar-refractivity contribution in [2.45, 2.75) is 90.0 Å². The molecule has 0 aromatic heterocycles. The van der Waals surface area contributed by atoms with Gasteiger partial charge in [0.1, 0.15) is 24.4 Å². The zero-order valence-corrected chi connectivity index (χ0v) is 20.4. The number of hydrogen-bond donors (Lipinski definition) is 5. The molecule has 1 aliphatic heterocycles. The lowest BCUT2D eigenvalue weighted by Crippen LogP contribution is -2.59. The predicted octanol–water partition coefficient (Wildman–Crippen LogP) is 2.00. The summed E-state index contributed by atoms with van der Waals surface area (Å²) in [6.07, 6.45) is 5.51. The van der Waals surface area contributed by atoms with E-state index in [1.165, 1.54) is 5.57 Å². The van der Waals surface area contributed by atoms with Crippen LogP contribution in [0.25, 0.3) is 0 Å². The molecule has 0 unspecified atom stereocenters. The van der Waals surface area contributed by atoms with E-state index in [9.17, 15) is 30.3 Å². The molecule has 0 bridgehead atoms. The van der Waals surface area contributed by atoms with Crippen LogP contribution in [0.4, 0.5) is 0 Å². The second-order valence-electron chi connectivity index (χ2n) is 11.6. The lowest BCUT2D eigenvalue weighted by atomic mass is 9.47. The Morgan fingerprint density at radius 1 is 1.12 bits per heavy atom. The molecule has 4 aliphatic rings. The normalized spacial score (nSPS) is 48.6. The van der Waals surface area contributed by atoms with Crippen LogP contribution in [0.1, 0.15) is 59.3 Å². The maximum atomic E-state index is 12.2. The number of carboxylic acid groups (broad SMARTS) is 1. The van der Waals surface area contributed by atoms with Crippen LogP contribution < -0.4 is 0 Å². The highest BCUT2D eigenvalue weighted by Gasteiger charge is 2.57. The Kier molecular flexibility index (Phi) is 7.05. The number of fused-ring (bicyclic) bond motifs is 3. The number of rotatable bonds is 6. The number of hydrogen-bond acceptors (Lipinski definition) is 7. The number of carbonyl (C=O) groups is 1. The topological polar surface area (TPSA) is 137 Å². The predicted molar refractivity (Wildman–Crippen MR) is 124 cm³/mol. The molecular formula is C26H40O8. The van der Waals surface area contributed by atoms with Crippen molar-refractivity contribution in [3.05, 3.63) is 23.8 Å². The molecular weight excluding hydrogens is 440 g/mol. The first kappa shape index (κ1) is 25.8. The lowest BCUT2D eigenvalue weighted by molar-refractivity contribution is -0.301. The van der Waals surface area contributed by atoms with Gasteiger partial charge in [-0.25, -0.2) is 0 Å². The Hall–Kier alpha value is -1.29. The minimum Gasteiger partial charge on any atom is -0.481 e. The van der Waals surface area contributed by atoms with Crippen LogP contribution in [-0.2, 0) is 14.3 Å². The molecule has 10 atom stereocenters. The summed E-state index contributed by atoms with van der Waals surface area (Å²) in [5, 5.41) is 49.4. The minimum absolute atomic E-state index is 0.0206. The Morgan fingerprint density at radius 2 is 1.85 bits per heavy atom. The molecule has 8 nitrogen and oxygen atoms in total. The second kappa shape index (κ2) is 9.30. The molecule has 34 heavy (non-hydrogen) atoms. The molecule has 5 N–H and O–H groups in total. The van der Waals surface area contributed by atoms with E-state index in [0.717, 1.165) is 25.7 Å². The van der Waals surface area contributed by atoms with Gasteiger partial charge in [-0.3, -0.25) is 4.79 Å². The summed E-state index contributed by atoms with van der Waals surface area (Å²) in [4.78, 5) is 12.2. The van der Waals surface area contributed by atoms with Gasteiger partial charge in [0.15, 0.2) is 6.29 Å². The van der Waals surface area contributed by atoms with Crippen molar-refractivity contribution in [1.82, 2.24) is 0 Å². The SMILES string of the molecule is C[C@@]1(CCO[C@@H]2O[C@@H](CO)[C@H](O)[C@@H](O)[C@H]2O)C=C2C=C[C@@H]3[C@](C)(CCC[C@]3(C)C(=O)O)[C@H]2CC1. The van der Waals surface area contributed by atoms with Crippen LogP contribution in [0.15, 0.2) is 23.8 Å². The van der Waals surface area contributed by atoms with E-state index in [1.807, 2.05) is 6.92 Å². The van der Waals surface area contributed by atoms with Crippen molar-refractivity contribution in [1.29, 1.82) is 0 Å². The number of aliphatic carboxylic acids is 1. The number of aliphatic hydroxyl groups excluding tert-OH is 4. The first-order valence-electron chi connectivity index (χ1n) is 12.5. The van der Waals surface area contributed by atoms with Crippen LogP contribution in [-0.4, -0.2) is 75.4 Å². The van der Waals surface area contributed by atoms with Crippen LogP contribution >= 0.6 is 0 Å². The molecule has 1 heterocycles. The molecule has 2 fully saturated rings. The average Bonchev–Trinajstić information content (AvgIpc) is 2.78. The molecule has 0 spiro atoms. The minimum atomic E-state index is -1.45. The fraction of sp³-hybridized carbons (Fsp3) is 0.808. The van der Waals surface area contributed by atoms with Gasteiger partial charge in [-0.2, -0.15) is 0 Å². The standard InChI is InChI=1S/C26H40O8/c1-24(11-12-33-22-21(30)20(29)19(28)17(14-27)34-22)10-7-16-15(13-24)5-6-18-25(16,2)8-4-9-26(18,3)23(31)32/h5-6,13,16-22,27-30H,4,7-12,14H2,1-3H3,(H,31,32)/t16-,17-,18+,19-,20+,21+,22+,24+,25+,26-/m0/s1. The Morgan fingerprint density at radius 3 is 2.53 bits per heavy atom. The molecule has 0 aromatic rings. The molecule has 0 amide bonds. The van der Waals surface area contributed by atoms with Gasteiger partial charge in [-0.15, -0.1) is 0 Å². The third kappa shape index (κ3) is 4.27. The lowest BCUT2D eigenvalue weighted by Gasteiger charge is -2.56. The third-order valence-electron chi connectivity index (χ3n) is 9.30. The smallest absolute Gasteiger partial charge is 0.309 e. The highest BCUT2D eigenvalue weighted by Crippen LogP contribution is 2.62. The van der Waals surface area contributed by atoms with E-state index in [1.54, 1.807) is 0 Å². The van der Waals surface area contributed by atoms with Gasteiger partial charge in [0, 0.05) is 0 Å². The fourth-order valence-electron chi connectivity index (χ4n) is 7.05. The van der Waals surface area contributed by atoms with Gasteiger partial charge in [-0.1, -0.05) is 38.5 Å². The molecule has 3 aliphatic carbocycles. The quantitative estimate of drug-likeness (QED) is 0.389. The van der Waals surface area contributed by atoms with Crippen molar-refractivity contribution >= 4 is 5.97 Å². The van der Waals surface area contributed by atoms with Gasteiger partial charge in [0.25, 0.3) is 0 Å². The highest BCUT2D eigenvalue weighted by atomic mass is 16.7. The summed E-state index contributed by atoms with van der Waals surface area (Å²) >= 11 is 0. The van der Waals surface area contributed by atoms with E-state index >= 15 is 0 Å². The van der Waals surface area contributed by atoms with E-state index in [2.05, 4.69) is 32.1 Å². The van der Waals surface area contributed by atoms with Gasteiger partial charge >= 0.3 is 5.97 Å². The van der Waals surface area contributed by atoms with Gasteiger partial charge in [0.2, 0.25) is 0 Å². The molecule has 4 rings (SSSR count). The number of carboxylic acids is 1. The molecule has 0 radical (unpaired) electrons. The van der Waals surface area contributed by atoms with E-state index in [0.29, 0.717) is 18.8 Å². The summed E-state index contributed by atoms with van der Waals surface area (Å²) in [7, 11) is 0. The zero-order valence-electron chi connectivity index (χ0n) is 20.4. The van der Waals surface area contributed by atoms with Crippen LogP contribution in [0.5, 0.6) is 0 Å². The monoisotopic (exact) mass is 480 g/mol. The first-order chi connectivity index (χ1) is 15.9. The Labute approximate surface area is 201 Å². The largest absolute Gasteiger partial charge is 0.481 e. The van der Waals surface area contributed by atoms with Crippen molar-refractivity contribution in [3.63, 3.8) is 0 Å². The first-order valence-corrected chi connectivity index (χ1v) is 12.5. The maximum Gasteiger partial charge on any atom is 0.309 e. The summed E-state index contributed by atoms with van der Waals surface area (Å²) in [5.41, 5.74) is 0.350.